The van der Waals surface area contributed by atoms with Crippen molar-refractivity contribution in [3.05, 3.63) is 18.0 Å². The van der Waals surface area contributed by atoms with E-state index in [4.69, 9.17) is 0 Å². The maximum atomic E-state index is 4.57. The highest BCUT2D eigenvalue weighted by Crippen LogP contribution is 2.22. The number of hydrogen-bond acceptors (Lipinski definition) is 4. The summed E-state index contributed by atoms with van der Waals surface area (Å²) in [6, 6.07) is 0.613. The highest BCUT2D eigenvalue weighted by Gasteiger charge is 2.21. The van der Waals surface area contributed by atoms with Gasteiger partial charge in [-0.2, -0.15) is 0 Å². The monoisotopic (exact) mass is 262 g/mol. The van der Waals surface area contributed by atoms with Gasteiger partial charge in [0, 0.05) is 37.1 Å². The summed E-state index contributed by atoms with van der Waals surface area (Å²) in [5.74, 6) is 0.911. The van der Waals surface area contributed by atoms with Crippen LogP contribution in [0.5, 0.6) is 0 Å². The highest BCUT2D eigenvalue weighted by atomic mass is 15.3. The molecule has 1 saturated heterocycles. The second-order valence-corrected chi connectivity index (χ2v) is 5.28. The second-order valence-electron chi connectivity index (χ2n) is 5.28. The van der Waals surface area contributed by atoms with Gasteiger partial charge in [0.05, 0.1) is 0 Å². The molecule has 0 bridgehead atoms. The van der Waals surface area contributed by atoms with Crippen molar-refractivity contribution in [3.8, 4) is 0 Å². The van der Waals surface area contributed by atoms with Crippen LogP contribution in [0, 0.1) is 0 Å². The predicted octanol–water partition coefficient (Wildman–Crippen LogP) is 2.75. The Balaban J connectivity index is 2.06. The van der Waals surface area contributed by atoms with Crippen molar-refractivity contribution in [2.45, 2.75) is 58.5 Å². The molecule has 0 aliphatic carbocycles. The van der Waals surface area contributed by atoms with Gasteiger partial charge in [-0.05, 0) is 25.8 Å². The minimum absolute atomic E-state index is 0.613. The number of rotatable bonds is 5. The molecular formula is C15H26N4. The van der Waals surface area contributed by atoms with Crippen LogP contribution in [0.4, 0.5) is 5.95 Å². The van der Waals surface area contributed by atoms with Gasteiger partial charge in [0.1, 0.15) is 0 Å². The van der Waals surface area contributed by atoms with Crippen LogP contribution in [-0.2, 0) is 6.54 Å². The lowest BCUT2D eigenvalue weighted by molar-refractivity contribution is 0.547. The largest absolute Gasteiger partial charge is 0.338 e. The molecule has 1 fully saturated rings. The van der Waals surface area contributed by atoms with E-state index in [-0.39, 0.29) is 0 Å². The molecule has 1 unspecified atom stereocenters. The van der Waals surface area contributed by atoms with Crippen LogP contribution in [0.2, 0.25) is 0 Å². The molecule has 0 spiro atoms. The first-order valence-corrected chi connectivity index (χ1v) is 7.63. The minimum atomic E-state index is 0.613. The zero-order valence-electron chi connectivity index (χ0n) is 12.2. The van der Waals surface area contributed by atoms with E-state index in [0.29, 0.717) is 6.04 Å². The lowest BCUT2D eigenvalue weighted by atomic mass is 10.1. The lowest BCUT2D eigenvalue weighted by Gasteiger charge is -2.29. The molecule has 1 N–H and O–H groups in total. The van der Waals surface area contributed by atoms with Crippen molar-refractivity contribution in [1.29, 1.82) is 0 Å². The van der Waals surface area contributed by atoms with E-state index in [0.717, 1.165) is 31.1 Å². The number of hydrogen-bond donors (Lipinski definition) is 1. The Morgan fingerprint density at radius 3 is 2.68 bits per heavy atom. The van der Waals surface area contributed by atoms with E-state index in [1.807, 2.05) is 12.4 Å². The SMILES string of the molecule is CCNCc1cnc(N2CCCCCC2CC)nc1. The fraction of sp³-hybridized carbons (Fsp3) is 0.733. The van der Waals surface area contributed by atoms with E-state index in [1.54, 1.807) is 0 Å². The zero-order valence-corrected chi connectivity index (χ0v) is 12.2. The van der Waals surface area contributed by atoms with Gasteiger partial charge in [-0.25, -0.2) is 9.97 Å². The maximum Gasteiger partial charge on any atom is 0.225 e. The Hall–Kier alpha value is -1.16. The molecule has 1 aliphatic heterocycles. The third-order valence-corrected chi connectivity index (χ3v) is 3.88. The molecule has 2 rings (SSSR count). The summed E-state index contributed by atoms with van der Waals surface area (Å²) in [7, 11) is 0. The van der Waals surface area contributed by atoms with Crippen molar-refractivity contribution in [3.63, 3.8) is 0 Å². The van der Waals surface area contributed by atoms with Crippen LogP contribution in [0.15, 0.2) is 12.4 Å². The topological polar surface area (TPSA) is 41.1 Å². The first-order chi connectivity index (χ1) is 9.35. The van der Waals surface area contributed by atoms with Crippen LogP contribution < -0.4 is 10.2 Å². The molecule has 19 heavy (non-hydrogen) atoms. The van der Waals surface area contributed by atoms with Gasteiger partial charge in [-0.1, -0.05) is 26.7 Å². The van der Waals surface area contributed by atoms with Gasteiger partial charge in [-0.3, -0.25) is 0 Å². The molecule has 0 amide bonds. The van der Waals surface area contributed by atoms with E-state index < -0.39 is 0 Å². The molecule has 4 heteroatoms. The maximum absolute atomic E-state index is 4.57. The first kappa shape index (κ1) is 14.3. The molecular weight excluding hydrogens is 236 g/mol. The van der Waals surface area contributed by atoms with Crippen LogP contribution in [0.1, 0.15) is 51.5 Å². The Kier molecular flexibility index (Phi) is 5.58. The molecule has 4 nitrogen and oxygen atoms in total. The molecule has 0 aromatic carbocycles. The predicted molar refractivity (Wildman–Crippen MR) is 79.3 cm³/mol. The minimum Gasteiger partial charge on any atom is -0.338 e. The molecule has 1 aliphatic rings. The van der Waals surface area contributed by atoms with E-state index in [9.17, 15) is 0 Å². The van der Waals surface area contributed by atoms with Gasteiger partial charge in [0.2, 0.25) is 5.95 Å². The molecule has 1 atom stereocenters. The Labute approximate surface area is 116 Å². The van der Waals surface area contributed by atoms with Crippen molar-refractivity contribution >= 4 is 5.95 Å². The van der Waals surface area contributed by atoms with E-state index in [1.165, 1.54) is 32.1 Å². The van der Waals surface area contributed by atoms with E-state index in [2.05, 4.69) is 34.0 Å². The van der Waals surface area contributed by atoms with Crippen molar-refractivity contribution in [1.82, 2.24) is 15.3 Å². The normalized spacial score (nSPS) is 20.3. The summed E-state index contributed by atoms with van der Waals surface area (Å²) in [6.07, 6.45) is 10.3. The van der Waals surface area contributed by atoms with Crippen LogP contribution >= 0.6 is 0 Å². The Bertz CT molecular complexity index is 363. The number of anilines is 1. The summed E-state index contributed by atoms with van der Waals surface area (Å²) in [5, 5.41) is 3.30. The standard InChI is InChI=1S/C15H26N4/c1-3-14-8-6-5-7-9-19(14)15-17-11-13(12-18-15)10-16-4-2/h11-12,14,16H,3-10H2,1-2H3. The average Bonchev–Trinajstić information content (AvgIpc) is 2.70. The lowest BCUT2D eigenvalue weighted by Crippen LogP contribution is -2.35. The van der Waals surface area contributed by atoms with Gasteiger partial charge in [-0.15, -0.1) is 0 Å². The molecule has 0 saturated carbocycles. The molecule has 1 aromatic heterocycles. The van der Waals surface area contributed by atoms with Gasteiger partial charge in [0.25, 0.3) is 0 Å². The van der Waals surface area contributed by atoms with Gasteiger partial charge >= 0.3 is 0 Å². The average molecular weight is 262 g/mol. The summed E-state index contributed by atoms with van der Waals surface area (Å²) in [6.45, 7) is 7.31. The first-order valence-electron chi connectivity index (χ1n) is 7.63. The number of aromatic nitrogens is 2. The molecule has 2 heterocycles. The third-order valence-electron chi connectivity index (χ3n) is 3.88. The Morgan fingerprint density at radius 1 is 1.21 bits per heavy atom. The van der Waals surface area contributed by atoms with Gasteiger partial charge < -0.3 is 10.2 Å². The smallest absolute Gasteiger partial charge is 0.225 e. The molecule has 0 radical (unpaired) electrons. The second kappa shape index (κ2) is 7.43. The number of nitrogens with zero attached hydrogens (tertiary/aromatic N) is 3. The van der Waals surface area contributed by atoms with Crippen molar-refractivity contribution in [2.75, 3.05) is 18.0 Å². The zero-order chi connectivity index (χ0) is 13.5. The molecule has 106 valence electrons. The molecule has 1 aromatic rings. The quantitative estimate of drug-likeness (QED) is 0.886. The van der Waals surface area contributed by atoms with Crippen LogP contribution in [0.25, 0.3) is 0 Å². The summed E-state index contributed by atoms with van der Waals surface area (Å²) in [4.78, 5) is 11.5. The summed E-state index contributed by atoms with van der Waals surface area (Å²) >= 11 is 0. The summed E-state index contributed by atoms with van der Waals surface area (Å²) < 4.78 is 0. The van der Waals surface area contributed by atoms with Crippen LogP contribution in [-0.4, -0.2) is 29.1 Å². The number of nitrogens with one attached hydrogen (secondary N) is 1. The third kappa shape index (κ3) is 3.90. The summed E-state index contributed by atoms with van der Waals surface area (Å²) in [5.41, 5.74) is 1.16. The van der Waals surface area contributed by atoms with Crippen molar-refractivity contribution in [2.24, 2.45) is 0 Å². The van der Waals surface area contributed by atoms with E-state index >= 15 is 0 Å². The fourth-order valence-electron chi connectivity index (χ4n) is 2.72. The van der Waals surface area contributed by atoms with Crippen molar-refractivity contribution < 1.29 is 0 Å². The fourth-order valence-corrected chi connectivity index (χ4v) is 2.72. The Morgan fingerprint density at radius 2 is 2.00 bits per heavy atom. The highest BCUT2D eigenvalue weighted by molar-refractivity contribution is 5.32. The van der Waals surface area contributed by atoms with Crippen LogP contribution in [0.3, 0.4) is 0 Å². The van der Waals surface area contributed by atoms with Gasteiger partial charge in [0.15, 0.2) is 0 Å².